The smallest absolute Gasteiger partial charge is 0.374 e. The number of fused-ring (bicyclic) bond motifs is 1. The first-order valence-electron chi connectivity index (χ1n) is 10.5. The summed E-state index contributed by atoms with van der Waals surface area (Å²) in [5.74, 6) is -1.25. The van der Waals surface area contributed by atoms with Gasteiger partial charge in [-0.05, 0) is 61.9 Å². The second kappa shape index (κ2) is 10.5. The third kappa shape index (κ3) is 6.78. The summed E-state index contributed by atoms with van der Waals surface area (Å²) in [6.07, 6.45) is 5.00. The molecule has 3 N–H and O–H groups in total. The second-order valence-corrected chi connectivity index (χ2v) is 9.32. The molecule has 0 bridgehead atoms. The lowest BCUT2D eigenvalue weighted by Crippen LogP contribution is -2.36. The van der Waals surface area contributed by atoms with E-state index in [4.69, 9.17) is 18.8 Å². The number of aromatic nitrogens is 1. The lowest BCUT2D eigenvalue weighted by atomic mass is 10.1. The molecule has 0 amide bonds. The Morgan fingerprint density at radius 2 is 1.74 bits per heavy atom. The molecule has 35 heavy (non-hydrogen) atoms. The Bertz CT molecular complexity index is 1450. The van der Waals surface area contributed by atoms with Gasteiger partial charge in [0.15, 0.2) is 6.54 Å². The quantitative estimate of drug-likeness (QED) is 0.163. The number of carboxylic acid groups (broad SMARTS) is 2. The van der Waals surface area contributed by atoms with Crippen LogP contribution >= 0.6 is 0 Å². The number of aryl methyl sites for hydroxylation is 2. The van der Waals surface area contributed by atoms with Crippen LogP contribution < -0.4 is 9.30 Å². The third-order valence-electron chi connectivity index (χ3n) is 5.02. The number of hydrogen-bond donors (Lipinski definition) is 3. The maximum absolute atomic E-state index is 11.4. The molecule has 3 aromatic rings. The molecular weight excluding hydrogens is 478 g/mol. The van der Waals surface area contributed by atoms with Crippen LogP contribution in [-0.2, 0) is 16.7 Å². The summed E-state index contributed by atoms with van der Waals surface area (Å²) in [5, 5.41) is 18.4. The SMILES string of the molecule is C/C(=C/C=C/c1oc2ccc(C(=O)O)cc2[n+]1CCCS(=O)(=O)O)Oc1ccc(C(=O)O)cc1C. The van der Waals surface area contributed by atoms with Gasteiger partial charge in [0, 0.05) is 12.5 Å². The molecule has 0 spiro atoms. The van der Waals surface area contributed by atoms with E-state index in [1.807, 2.05) is 0 Å². The number of carboxylic acids is 2. The van der Waals surface area contributed by atoms with Gasteiger partial charge in [0.2, 0.25) is 5.58 Å². The number of rotatable bonds is 10. The van der Waals surface area contributed by atoms with E-state index in [-0.39, 0.29) is 24.1 Å². The van der Waals surface area contributed by atoms with Gasteiger partial charge >= 0.3 is 17.8 Å². The predicted octanol–water partition coefficient (Wildman–Crippen LogP) is 3.70. The van der Waals surface area contributed by atoms with Gasteiger partial charge in [-0.25, -0.2) is 9.59 Å². The molecule has 184 valence electrons. The summed E-state index contributed by atoms with van der Waals surface area (Å²) in [6.45, 7) is 3.61. The van der Waals surface area contributed by atoms with Crippen LogP contribution in [0.15, 0.2) is 58.7 Å². The maximum Gasteiger partial charge on any atom is 0.374 e. The van der Waals surface area contributed by atoms with Crippen molar-refractivity contribution in [3.63, 3.8) is 0 Å². The first-order chi connectivity index (χ1) is 16.4. The number of hydrogen-bond acceptors (Lipinski definition) is 6. The Labute approximate surface area is 201 Å². The molecule has 0 aliphatic carbocycles. The largest absolute Gasteiger partial charge is 0.478 e. The number of aromatic carboxylic acids is 2. The van der Waals surface area contributed by atoms with Crippen LogP contribution in [0, 0.1) is 6.92 Å². The van der Waals surface area contributed by atoms with Crippen LogP contribution in [0.4, 0.5) is 0 Å². The van der Waals surface area contributed by atoms with Gasteiger partial charge < -0.3 is 19.4 Å². The van der Waals surface area contributed by atoms with E-state index in [0.29, 0.717) is 34.1 Å². The van der Waals surface area contributed by atoms with Crippen LogP contribution in [0.3, 0.4) is 0 Å². The zero-order valence-corrected chi connectivity index (χ0v) is 19.8. The summed E-state index contributed by atoms with van der Waals surface area (Å²) in [6, 6.07) is 8.88. The van der Waals surface area contributed by atoms with Crippen molar-refractivity contribution in [1.29, 1.82) is 0 Å². The molecule has 1 heterocycles. The van der Waals surface area contributed by atoms with Crippen LogP contribution in [0.5, 0.6) is 5.75 Å². The summed E-state index contributed by atoms with van der Waals surface area (Å²) in [4.78, 5) is 22.4. The van der Waals surface area contributed by atoms with Crippen molar-refractivity contribution >= 4 is 39.2 Å². The van der Waals surface area contributed by atoms with Gasteiger partial charge in [-0.2, -0.15) is 13.0 Å². The normalized spacial score (nSPS) is 12.4. The van der Waals surface area contributed by atoms with Gasteiger partial charge in [-0.1, -0.05) is 0 Å². The number of ether oxygens (including phenoxy) is 1. The zero-order chi connectivity index (χ0) is 25.8. The van der Waals surface area contributed by atoms with Crippen molar-refractivity contribution in [3.05, 3.63) is 76.9 Å². The number of oxazole rings is 1. The van der Waals surface area contributed by atoms with E-state index in [1.165, 1.54) is 30.3 Å². The zero-order valence-electron chi connectivity index (χ0n) is 19.0. The lowest BCUT2D eigenvalue weighted by Gasteiger charge is -2.09. The van der Waals surface area contributed by atoms with Gasteiger partial charge in [0.25, 0.3) is 15.6 Å². The van der Waals surface area contributed by atoms with E-state index in [2.05, 4.69) is 0 Å². The first kappa shape index (κ1) is 25.7. The second-order valence-electron chi connectivity index (χ2n) is 7.74. The minimum atomic E-state index is -4.15. The average Bonchev–Trinajstić information content (AvgIpc) is 3.10. The van der Waals surface area contributed by atoms with E-state index in [9.17, 15) is 23.1 Å². The summed E-state index contributed by atoms with van der Waals surface area (Å²) in [7, 11) is -4.15. The topological polar surface area (TPSA) is 155 Å². The molecule has 0 fully saturated rings. The monoisotopic (exact) mass is 502 g/mol. The van der Waals surface area contributed by atoms with Crippen molar-refractivity contribution in [2.45, 2.75) is 26.8 Å². The minimum absolute atomic E-state index is 0.0470. The highest BCUT2D eigenvalue weighted by Crippen LogP contribution is 2.22. The predicted molar refractivity (Wildman–Crippen MR) is 126 cm³/mol. The Kier molecular flexibility index (Phi) is 7.72. The molecule has 0 radical (unpaired) electrons. The molecule has 11 heteroatoms. The maximum atomic E-state index is 11.4. The first-order valence-corrected chi connectivity index (χ1v) is 12.1. The number of allylic oxidation sites excluding steroid dienone is 3. The Morgan fingerprint density at radius 1 is 1.09 bits per heavy atom. The van der Waals surface area contributed by atoms with Gasteiger partial charge in [0.1, 0.15) is 11.5 Å². The third-order valence-corrected chi connectivity index (χ3v) is 5.83. The fraction of sp³-hybridized carbons (Fsp3) is 0.208. The van der Waals surface area contributed by atoms with Gasteiger partial charge in [-0.3, -0.25) is 4.55 Å². The highest BCUT2D eigenvalue weighted by Gasteiger charge is 2.22. The molecular formula is C24H24NO9S+. The van der Waals surface area contributed by atoms with Crippen molar-refractivity contribution in [2.75, 3.05) is 5.75 Å². The van der Waals surface area contributed by atoms with E-state index >= 15 is 0 Å². The van der Waals surface area contributed by atoms with E-state index in [0.717, 1.165) is 0 Å². The Hall–Kier alpha value is -3.96. The molecule has 0 unspecified atom stereocenters. The summed E-state index contributed by atoms with van der Waals surface area (Å²) in [5.41, 5.74) is 1.74. The number of carbonyl (C=O) groups is 2. The minimum Gasteiger partial charge on any atom is -0.478 e. The molecule has 0 aliphatic heterocycles. The molecule has 0 saturated carbocycles. The molecule has 3 rings (SSSR count). The Morgan fingerprint density at radius 3 is 2.37 bits per heavy atom. The van der Waals surface area contributed by atoms with Gasteiger partial charge in [0.05, 0.1) is 23.0 Å². The molecule has 0 aliphatic rings. The van der Waals surface area contributed by atoms with E-state index in [1.54, 1.807) is 42.7 Å². The van der Waals surface area contributed by atoms with Crippen molar-refractivity contribution in [2.24, 2.45) is 0 Å². The molecule has 1 aromatic heterocycles. The molecule has 10 nitrogen and oxygen atoms in total. The summed E-state index contributed by atoms with van der Waals surface area (Å²) >= 11 is 0. The van der Waals surface area contributed by atoms with Crippen LogP contribution in [-0.4, -0.2) is 40.9 Å². The van der Waals surface area contributed by atoms with E-state index < -0.39 is 27.8 Å². The average molecular weight is 503 g/mol. The van der Waals surface area contributed by atoms with Crippen molar-refractivity contribution in [3.8, 4) is 5.75 Å². The van der Waals surface area contributed by atoms with Gasteiger partial charge in [-0.15, -0.1) is 0 Å². The fourth-order valence-corrected chi connectivity index (χ4v) is 3.86. The number of benzene rings is 2. The fourth-order valence-electron chi connectivity index (χ4n) is 3.36. The van der Waals surface area contributed by atoms with Crippen molar-refractivity contribution < 1.29 is 46.5 Å². The van der Waals surface area contributed by atoms with Crippen molar-refractivity contribution in [1.82, 2.24) is 0 Å². The number of nitrogens with zero attached hydrogens (tertiary/aromatic N) is 1. The molecule has 2 aromatic carbocycles. The molecule has 0 atom stereocenters. The standard InChI is InChI=1S/C24H23NO9S/c1-15-13-17(23(26)27)7-9-20(15)33-16(2)5-3-6-22-25(11-4-12-35(30,31)32)19-14-18(24(28)29)8-10-21(19)34-22/h3,5-10,13-14H,4,11-12H2,1-2H3,(H2-,26,27,28,29,30,31,32)/p+1/b6-3+,16-5-. The van der Waals surface area contributed by atoms with Crippen LogP contribution in [0.1, 0.15) is 45.5 Å². The van der Waals surface area contributed by atoms with Crippen LogP contribution in [0.25, 0.3) is 17.2 Å². The highest BCUT2D eigenvalue weighted by molar-refractivity contribution is 7.85. The van der Waals surface area contributed by atoms with Crippen LogP contribution in [0.2, 0.25) is 0 Å². The highest BCUT2D eigenvalue weighted by atomic mass is 32.2. The lowest BCUT2D eigenvalue weighted by molar-refractivity contribution is -0.677. The molecule has 0 saturated heterocycles. The Balaban J connectivity index is 1.86. The summed E-state index contributed by atoms with van der Waals surface area (Å²) < 4.78 is 44.5.